The van der Waals surface area contributed by atoms with E-state index in [1.54, 1.807) is 16.9 Å². The molecule has 3 heterocycles. The average Bonchev–Trinajstić information content (AvgIpc) is 3.26. The Morgan fingerprint density at radius 2 is 2.20 bits per heavy atom. The first-order valence-electron chi connectivity index (χ1n) is 7.51. The lowest BCUT2D eigenvalue weighted by atomic mass is 9.96. The standard InChI is InChI=1S/C17H13ClFN5S/c1-24-6-4-14(23-24)12-9-21-16(17-20-5-7-25-17)22-15(12)11-3-2-10(19)8-13(11)18/h2-9,15H,1H3,(H,21,22). The molecule has 0 bridgehead atoms. The molecule has 0 fully saturated rings. The third-order valence-electron chi connectivity index (χ3n) is 3.82. The van der Waals surface area contributed by atoms with Crippen molar-refractivity contribution in [2.75, 3.05) is 0 Å². The maximum Gasteiger partial charge on any atom is 0.162 e. The summed E-state index contributed by atoms with van der Waals surface area (Å²) < 4.78 is 15.2. The summed E-state index contributed by atoms with van der Waals surface area (Å²) in [4.78, 5) is 9.07. The van der Waals surface area contributed by atoms with E-state index in [1.165, 1.54) is 23.5 Å². The topological polar surface area (TPSA) is 55.1 Å². The summed E-state index contributed by atoms with van der Waals surface area (Å²) in [5, 5.41) is 10.6. The van der Waals surface area contributed by atoms with Gasteiger partial charge in [-0.25, -0.2) is 9.37 Å². The summed E-state index contributed by atoms with van der Waals surface area (Å²) in [7, 11) is 1.85. The minimum absolute atomic E-state index is 0.330. The number of nitrogens with zero attached hydrogens (tertiary/aromatic N) is 4. The number of thiazole rings is 1. The smallest absolute Gasteiger partial charge is 0.162 e. The maximum atomic E-state index is 13.5. The second-order valence-electron chi connectivity index (χ2n) is 5.50. The minimum Gasteiger partial charge on any atom is -0.344 e. The van der Waals surface area contributed by atoms with E-state index in [-0.39, 0.29) is 5.82 Å². The Kier molecular flexibility index (Phi) is 4.10. The van der Waals surface area contributed by atoms with Gasteiger partial charge in [-0.15, -0.1) is 11.3 Å². The summed E-state index contributed by atoms with van der Waals surface area (Å²) in [6.45, 7) is 0. The number of halogens is 2. The van der Waals surface area contributed by atoms with Gasteiger partial charge in [0.25, 0.3) is 0 Å². The monoisotopic (exact) mass is 373 g/mol. The Morgan fingerprint density at radius 3 is 2.88 bits per heavy atom. The van der Waals surface area contributed by atoms with Crippen molar-refractivity contribution in [1.82, 2.24) is 20.1 Å². The molecule has 126 valence electrons. The molecule has 1 atom stereocenters. The number of hydrogen-bond donors (Lipinski definition) is 1. The summed E-state index contributed by atoms with van der Waals surface area (Å²) >= 11 is 7.79. The number of nitrogens with one attached hydrogen (secondary N) is 1. The SMILES string of the molecule is Cn1ccc(C2=CNC(c3nccs3)=NC2c2ccc(F)cc2Cl)n1. The normalized spacial score (nSPS) is 17.0. The molecule has 0 saturated carbocycles. The molecule has 25 heavy (non-hydrogen) atoms. The van der Waals surface area contributed by atoms with Gasteiger partial charge < -0.3 is 5.32 Å². The van der Waals surface area contributed by atoms with Gasteiger partial charge in [-0.2, -0.15) is 5.10 Å². The van der Waals surface area contributed by atoms with E-state index in [4.69, 9.17) is 16.6 Å². The molecular weight excluding hydrogens is 361 g/mol. The highest BCUT2D eigenvalue weighted by Crippen LogP contribution is 2.38. The highest BCUT2D eigenvalue weighted by atomic mass is 35.5. The molecule has 1 N–H and O–H groups in total. The number of hydrogen-bond acceptors (Lipinski definition) is 5. The lowest BCUT2D eigenvalue weighted by Crippen LogP contribution is -2.25. The predicted octanol–water partition coefficient (Wildman–Crippen LogP) is 3.80. The average molecular weight is 374 g/mol. The fraction of sp³-hybridized carbons (Fsp3) is 0.118. The largest absolute Gasteiger partial charge is 0.344 e. The van der Waals surface area contributed by atoms with Crippen molar-refractivity contribution < 1.29 is 4.39 Å². The van der Waals surface area contributed by atoms with Crippen LogP contribution < -0.4 is 5.32 Å². The van der Waals surface area contributed by atoms with E-state index in [9.17, 15) is 4.39 Å². The van der Waals surface area contributed by atoms with Crippen molar-refractivity contribution in [1.29, 1.82) is 0 Å². The van der Waals surface area contributed by atoms with Crippen LogP contribution in [0.3, 0.4) is 0 Å². The number of rotatable bonds is 3. The molecule has 0 amide bonds. The third kappa shape index (κ3) is 3.08. The van der Waals surface area contributed by atoms with Gasteiger partial charge in [0.2, 0.25) is 0 Å². The van der Waals surface area contributed by atoms with Gasteiger partial charge in [-0.1, -0.05) is 17.7 Å². The first kappa shape index (κ1) is 16.0. The molecule has 8 heteroatoms. The fourth-order valence-corrected chi connectivity index (χ4v) is 3.53. The maximum absolute atomic E-state index is 13.5. The Morgan fingerprint density at radius 1 is 1.32 bits per heavy atom. The molecule has 3 aromatic rings. The van der Waals surface area contributed by atoms with Crippen molar-refractivity contribution in [3.63, 3.8) is 0 Å². The van der Waals surface area contributed by atoms with Gasteiger partial charge in [-0.05, 0) is 18.2 Å². The lowest BCUT2D eigenvalue weighted by Gasteiger charge is -2.23. The van der Waals surface area contributed by atoms with E-state index < -0.39 is 6.04 Å². The number of aromatic nitrogens is 3. The Hall–Kier alpha value is -2.51. The highest BCUT2D eigenvalue weighted by molar-refractivity contribution is 7.11. The van der Waals surface area contributed by atoms with Crippen LogP contribution in [-0.4, -0.2) is 20.6 Å². The summed E-state index contributed by atoms with van der Waals surface area (Å²) in [5.41, 5.74) is 2.35. The molecule has 1 aromatic carbocycles. The van der Waals surface area contributed by atoms with Crippen LogP contribution in [0.2, 0.25) is 5.02 Å². The first-order valence-corrected chi connectivity index (χ1v) is 8.77. The van der Waals surface area contributed by atoms with Gasteiger partial charge in [0.15, 0.2) is 10.8 Å². The molecule has 0 saturated heterocycles. The second kappa shape index (κ2) is 6.42. The number of amidine groups is 1. The first-order chi connectivity index (χ1) is 12.1. The Bertz CT molecular complexity index is 977. The molecule has 4 rings (SSSR count). The van der Waals surface area contributed by atoms with Gasteiger partial charge >= 0.3 is 0 Å². The zero-order chi connectivity index (χ0) is 17.4. The molecule has 1 unspecified atom stereocenters. The highest BCUT2D eigenvalue weighted by Gasteiger charge is 2.26. The van der Waals surface area contributed by atoms with Crippen LogP contribution in [0.5, 0.6) is 0 Å². The quantitative estimate of drug-likeness (QED) is 0.759. The van der Waals surface area contributed by atoms with Crippen LogP contribution in [0.15, 0.2) is 53.2 Å². The molecule has 2 aromatic heterocycles. The van der Waals surface area contributed by atoms with E-state index in [0.29, 0.717) is 10.9 Å². The summed E-state index contributed by atoms with van der Waals surface area (Å²) in [6.07, 6.45) is 5.44. The van der Waals surface area contributed by atoms with E-state index in [2.05, 4.69) is 15.4 Å². The zero-order valence-corrected chi connectivity index (χ0v) is 14.7. The van der Waals surface area contributed by atoms with Crippen molar-refractivity contribution in [2.24, 2.45) is 12.0 Å². The van der Waals surface area contributed by atoms with Crippen LogP contribution in [0.25, 0.3) is 5.57 Å². The van der Waals surface area contributed by atoms with Crippen LogP contribution >= 0.6 is 22.9 Å². The van der Waals surface area contributed by atoms with Crippen LogP contribution in [0.1, 0.15) is 22.3 Å². The number of aliphatic imine (C=N–C) groups is 1. The number of benzene rings is 1. The van der Waals surface area contributed by atoms with Crippen molar-refractivity contribution in [3.05, 3.63) is 75.3 Å². The molecule has 0 radical (unpaired) electrons. The fourth-order valence-electron chi connectivity index (χ4n) is 2.66. The minimum atomic E-state index is -0.400. The van der Waals surface area contributed by atoms with Crippen LogP contribution in [0.4, 0.5) is 4.39 Å². The van der Waals surface area contributed by atoms with Crippen LogP contribution in [-0.2, 0) is 7.05 Å². The van der Waals surface area contributed by atoms with E-state index >= 15 is 0 Å². The predicted molar refractivity (Wildman–Crippen MR) is 97.1 cm³/mol. The summed E-state index contributed by atoms with van der Waals surface area (Å²) in [6, 6.07) is 5.85. The molecule has 5 nitrogen and oxygen atoms in total. The molecule has 1 aliphatic rings. The molecular formula is C17H13ClFN5S. The molecule has 0 aliphatic carbocycles. The Labute approximate surface area is 152 Å². The van der Waals surface area contributed by atoms with Crippen molar-refractivity contribution in [3.8, 4) is 0 Å². The van der Waals surface area contributed by atoms with Gasteiger partial charge in [-0.3, -0.25) is 9.67 Å². The third-order valence-corrected chi connectivity index (χ3v) is 4.93. The van der Waals surface area contributed by atoms with Gasteiger partial charge in [0.1, 0.15) is 11.9 Å². The lowest BCUT2D eigenvalue weighted by molar-refractivity contribution is 0.626. The van der Waals surface area contributed by atoms with E-state index in [1.807, 2.05) is 30.9 Å². The number of aryl methyl sites for hydroxylation is 1. The molecule has 0 spiro atoms. The van der Waals surface area contributed by atoms with Crippen molar-refractivity contribution >= 4 is 34.3 Å². The molecule has 1 aliphatic heterocycles. The Balaban J connectivity index is 1.82. The van der Waals surface area contributed by atoms with Gasteiger partial charge in [0, 0.05) is 47.2 Å². The van der Waals surface area contributed by atoms with Gasteiger partial charge in [0.05, 0.1) is 5.69 Å². The summed E-state index contributed by atoms with van der Waals surface area (Å²) in [5.74, 6) is 0.273. The zero-order valence-electron chi connectivity index (χ0n) is 13.1. The van der Waals surface area contributed by atoms with Crippen molar-refractivity contribution in [2.45, 2.75) is 6.04 Å². The second-order valence-corrected chi connectivity index (χ2v) is 6.80. The van der Waals surface area contributed by atoms with Crippen LogP contribution in [0, 0.1) is 5.82 Å². The van der Waals surface area contributed by atoms with E-state index in [0.717, 1.165) is 21.8 Å².